The molecule has 160 valence electrons. The summed E-state index contributed by atoms with van der Waals surface area (Å²) in [6, 6.07) is 0. The SMILES string of the molecule is C=C(C)C(=O)OC(=C=O)C(=O)CCCCCCCCCCCCCCCCC. The second kappa shape index (κ2) is 18.7. The molecule has 0 bridgehead atoms. The molecule has 0 aromatic rings. The van der Waals surface area contributed by atoms with E-state index in [2.05, 4.69) is 13.5 Å². The van der Waals surface area contributed by atoms with Crippen LogP contribution in [0.5, 0.6) is 0 Å². The summed E-state index contributed by atoms with van der Waals surface area (Å²) >= 11 is 0. The van der Waals surface area contributed by atoms with Gasteiger partial charge in [0.15, 0.2) is 5.94 Å². The van der Waals surface area contributed by atoms with Crippen molar-refractivity contribution >= 4 is 17.7 Å². The fourth-order valence-electron chi connectivity index (χ4n) is 3.08. The number of rotatable bonds is 19. The maximum Gasteiger partial charge on any atom is 0.339 e. The molecule has 0 spiro atoms. The van der Waals surface area contributed by atoms with Gasteiger partial charge in [-0.3, -0.25) is 4.79 Å². The van der Waals surface area contributed by atoms with E-state index in [1.54, 1.807) is 0 Å². The van der Waals surface area contributed by atoms with Crippen molar-refractivity contribution in [3.63, 3.8) is 0 Å². The summed E-state index contributed by atoms with van der Waals surface area (Å²) < 4.78 is 4.70. The highest BCUT2D eigenvalue weighted by atomic mass is 16.5. The number of ketones is 1. The average Bonchev–Trinajstić information content (AvgIpc) is 2.68. The number of esters is 1. The van der Waals surface area contributed by atoms with Crippen molar-refractivity contribution in [3.05, 3.63) is 17.9 Å². The number of carbonyl (C=O) groups is 2. The molecule has 0 aliphatic heterocycles. The van der Waals surface area contributed by atoms with Crippen LogP contribution in [0.25, 0.3) is 0 Å². The summed E-state index contributed by atoms with van der Waals surface area (Å²) in [6.45, 7) is 7.13. The van der Waals surface area contributed by atoms with Crippen LogP contribution in [0.1, 0.15) is 117 Å². The van der Waals surface area contributed by atoms with Crippen LogP contribution in [0.3, 0.4) is 0 Å². The minimum Gasteiger partial charge on any atom is -0.407 e. The molecule has 0 atom stereocenters. The molecule has 0 fully saturated rings. The first-order chi connectivity index (χ1) is 13.5. The van der Waals surface area contributed by atoms with Crippen LogP contribution in [0.4, 0.5) is 0 Å². The maximum atomic E-state index is 11.9. The van der Waals surface area contributed by atoms with Gasteiger partial charge in [0.25, 0.3) is 5.76 Å². The molecule has 0 aliphatic rings. The smallest absolute Gasteiger partial charge is 0.339 e. The van der Waals surface area contributed by atoms with Gasteiger partial charge in [-0.2, -0.15) is 0 Å². The second-order valence-electron chi connectivity index (χ2n) is 7.72. The molecular weight excluding hydrogens is 352 g/mol. The number of Topliss-reactive ketones (excluding diaryl/α,β-unsaturated/α-hetero) is 1. The number of hydrogen-bond acceptors (Lipinski definition) is 4. The van der Waals surface area contributed by atoms with Crippen LogP contribution < -0.4 is 0 Å². The number of ether oxygens (including phenoxy) is 1. The summed E-state index contributed by atoms with van der Waals surface area (Å²) in [5, 5.41) is 0. The Labute approximate surface area is 171 Å². The first-order valence-electron chi connectivity index (χ1n) is 11.2. The van der Waals surface area contributed by atoms with Gasteiger partial charge in [0.2, 0.25) is 5.78 Å². The Kier molecular flexibility index (Phi) is 17.6. The fourth-order valence-corrected chi connectivity index (χ4v) is 3.08. The fraction of sp³-hybridized carbons (Fsp3) is 0.750. The Balaban J connectivity index is 3.49. The van der Waals surface area contributed by atoms with E-state index < -0.39 is 17.5 Å². The van der Waals surface area contributed by atoms with Crippen LogP contribution in [0.2, 0.25) is 0 Å². The van der Waals surface area contributed by atoms with Gasteiger partial charge in [0, 0.05) is 12.0 Å². The standard InChI is InChI=1S/C24H40O4/c1-4-5-6-7-8-9-10-11-12-13-14-15-16-17-18-19-22(26)23(20-25)28-24(27)21(2)3/h2,4-19H2,1,3H3. The molecule has 28 heavy (non-hydrogen) atoms. The van der Waals surface area contributed by atoms with E-state index >= 15 is 0 Å². The molecular formula is C24H40O4. The van der Waals surface area contributed by atoms with E-state index in [0.29, 0.717) is 6.42 Å². The molecule has 0 saturated carbocycles. The van der Waals surface area contributed by atoms with Crippen LogP contribution in [0, 0.1) is 0 Å². The van der Waals surface area contributed by atoms with Gasteiger partial charge in [-0.15, -0.1) is 0 Å². The van der Waals surface area contributed by atoms with Gasteiger partial charge in [-0.1, -0.05) is 103 Å². The van der Waals surface area contributed by atoms with E-state index in [1.807, 2.05) is 0 Å². The molecule has 0 radical (unpaired) electrons. The Morgan fingerprint density at radius 2 is 1.14 bits per heavy atom. The highest BCUT2D eigenvalue weighted by molar-refractivity contribution is 6.03. The average molecular weight is 393 g/mol. The van der Waals surface area contributed by atoms with Crippen molar-refractivity contribution in [2.45, 2.75) is 117 Å². The molecule has 0 N–H and O–H groups in total. The number of unbranched alkanes of at least 4 members (excludes halogenated alkanes) is 14. The van der Waals surface area contributed by atoms with Crippen molar-refractivity contribution in [3.8, 4) is 0 Å². The summed E-state index contributed by atoms with van der Waals surface area (Å²) in [5.74, 6) is -0.326. The summed E-state index contributed by atoms with van der Waals surface area (Å²) in [7, 11) is 0. The van der Waals surface area contributed by atoms with Crippen molar-refractivity contribution in [1.82, 2.24) is 0 Å². The van der Waals surface area contributed by atoms with E-state index in [9.17, 15) is 14.4 Å². The first kappa shape index (κ1) is 26.3. The van der Waals surface area contributed by atoms with E-state index in [-0.39, 0.29) is 12.0 Å². The van der Waals surface area contributed by atoms with Crippen LogP contribution in [-0.4, -0.2) is 17.7 Å². The minimum absolute atomic E-state index is 0.146. The first-order valence-corrected chi connectivity index (χ1v) is 11.2. The third-order valence-corrected chi connectivity index (χ3v) is 4.90. The maximum absolute atomic E-state index is 11.9. The molecule has 0 aromatic carbocycles. The molecule has 0 aromatic heterocycles. The molecule has 0 amide bonds. The van der Waals surface area contributed by atoms with Crippen molar-refractivity contribution in [2.24, 2.45) is 0 Å². The van der Waals surface area contributed by atoms with Crippen LogP contribution >= 0.6 is 0 Å². The zero-order valence-electron chi connectivity index (χ0n) is 18.2. The number of carbonyl (C=O) groups excluding carboxylic acids is 3. The lowest BCUT2D eigenvalue weighted by Gasteiger charge is -2.05. The van der Waals surface area contributed by atoms with Gasteiger partial charge in [-0.05, 0) is 13.3 Å². The van der Waals surface area contributed by atoms with Crippen LogP contribution in [-0.2, 0) is 19.1 Å². The normalized spacial score (nSPS) is 10.4. The topological polar surface area (TPSA) is 60.4 Å². The summed E-state index contributed by atoms with van der Waals surface area (Å²) in [4.78, 5) is 34.0. The molecule has 0 heterocycles. The predicted molar refractivity (Wildman–Crippen MR) is 115 cm³/mol. The third-order valence-electron chi connectivity index (χ3n) is 4.90. The Bertz CT molecular complexity index is 501. The van der Waals surface area contributed by atoms with Gasteiger partial charge in [0.05, 0.1) is 0 Å². The van der Waals surface area contributed by atoms with E-state index in [0.717, 1.165) is 12.8 Å². The lowest BCUT2D eigenvalue weighted by atomic mass is 10.0. The highest BCUT2D eigenvalue weighted by Crippen LogP contribution is 2.14. The molecule has 0 aliphatic carbocycles. The van der Waals surface area contributed by atoms with Gasteiger partial charge >= 0.3 is 5.97 Å². The van der Waals surface area contributed by atoms with Crippen LogP contribution in [0.15, 0.2) is 17.9 Å². The molecule has 0 rings (SSSR count). The highest BCUT2D eigenvalue weighted by Gasteiger charge is 2.16. The van der Waals surface area contributed by atoms with E-state index in [1.165, 1.54) is 89.9 Å². The van der Waals surface area contributed by atoms with Crippen molar-refractivity contribution in [2.75, 3.05) is 0 Å². The summed E-state index contributed by atoms with van der Waals surface area (Å²) in [5.41, 5.74) is 0.146. The van der Waals surface area contributed by atoms with Crippen molar-refractivity contribution < 1.29 is 19.1 Å². The van der Waals surface area contributed by atoms with E-state index in [4.69, 9.17) is 4.74 Å². The van der Waals surface area contributed by atoms with Crippen molar-refractivity contribution in [1.29, 1.82) is 0 Å². The zero-order chi connectivity index (χ0) is 21.0. The van der Waals surface area contributed by atoms with Gasteiger partial charge < -0.3 is 4.74 Å². The molecule has 4 heteroatoms. The van der Waals surface area contributed by atoms with Gasteiger partial charge in [0.1, 0.15) is 0 Å². The van der Waals surface area contributed by atoms with Gasteiger partial charge in [-0.25, -0.2) is 9.59 Å². The lowest BCUT2D eigenvalue weighted by molar-refractivity contribution is -0.138. The predicted octanol–water partition coefficient (Wildman–Crippen LogP) is 6.65. The molecule has 4 nitrogen and oxygen atoms in total. The Morgan fingerprint density at radius 3 is 1.50 bits per heavy atom. The minimum atomic E-state index is -0.761. The quantitative estimate of drug-likeness (QED) is 0.0811. The third kappa shape index (κ3) is 15.4. The second-order valence-corrected chi connectivity index (χ2v) is 7.72. The largest absolute Gasteiger partial charge is 0.407 e. The Morgan fingerprint density at radius 1 is 0.750 bits per heavy atom. The monoisotopic (exact) mass is 392 g/mol. The molecule has 0 saturated heterocycles. The number of hydrogen-bond donors (Lipinski definition) is 0. The lowest BCUT2D eigenvalue weighted by Crippen LogP contribution is -2.13. The summed E-state index contributed by atoms with van der Waals surface area (Å²) in [6.07, 6.45) is 19.0. The Hall–Kier alpha value is -1.67. The number of allylic oxidation sites excluding steroid dienone is 1. The molecule has 0 unspecified atom stereocenters. The zero-order valence-corrected chi connectivity index (χ0v) is 18.2.